The second-order valence-electron chi connectivity index (χ2n) is 3.23. The SMILES string of the molecule is C=C(C)C(=O)OCCn1cc[n+](C)c1.[Cl-]. The quantitative estimate of drug-likeness (QED) is 0.324. The van der Waals surface area contributed by atoms with Gasteiger partial charge in [0.2, 0.25) is 6.33 Å². The number of hydrogen-bond acceptors (Lipinski definition) is 2. The van der Waals surface area contributed by atoms with Crippen LogP contribution in [0.25, 0.3) is 0 Å². The van der Waals surface area contributed by atoms with Crippen molar-refractivity contribution in [2.75, 3.05) is 6.61 Å². The van der Waals surface area contributed by atoms with Crippen LogP contribution in [0.5, 0.6) is 0 Å². The Morgan fingerprint density at radius 2 is 2.27 bits per heavy atom. The lowest BCUT2D eigenvalue weighted by molar-refractivity contribution is -0.671. The first kappa shape index (κ1) is 13.7. The number of aromatic nitrogens is 2. The van der Waals surface area contributed by atoms with Gasteiger partial charge in [0, 0.05) is 5.57 Å². The Morgan fingerprint density at radius 1 is 1.60 bits per heavy atom. The van der Waals surface area contributed by atoms with Crippen LogP contribution in [0, 0.1) is 0 Å². The minimum absolute atomic E-state index is 0. The van der Waals surface area contributed by atoms with E-state index in [2.05, 4.69) is 6.58 Å². The number of carbonyl (C=O) groups excluding carboxylic acids is 1. The van der Waals surface area contributed by atoms with Crippen LogP contribution in [0.2, 0.25) is 0 Å². The molecule has 0 radical (unpaired) electrons. The minimum Gasteiger partial charge on any atom is -1.00 e. The zero-order chi connectivity index (χ0) is 10.6. The third kappa shape index (κ3) is 4.65. The zero-order valence-electron chi connectivity index (χ0n) is 8.94. The summed E-state index contributed by atoms with van der Waals surface area (Å²) < 4.78 is 8.83. The number of imidazole rings is 1. The minimum atomic E-state index is -0.332. The van der Waals surface area contributed by atoms with E-state index in [1.165, 1.54) is 0 Å². The molecule has 5 heteroatoms. The molecule has 1 rings (SSSR count). The number of nitrogens with zero attached hydrogens (tertiary/aromatic N) is 2. The van der Waals surface area contributed by atoms with E-state index < -0.39 is 0 Å². The van der Waals surface area contributed by atoms with Crippen LogP contribution >= 0.6 is 0 Å². The highest BCUT2D eigenvalue weighted by Crippen LogP contribution is 1.92. The smallest absolute Gasteiger partial charge is 0.333 e. The Kier molecular flexibility index (Phi) is 5.70. The molecule has 1 aromatic heterocycles. The molecule has 0 aliphatic rings. The fraction of sp³-hybridized carbons (Fsp3) is 0.400. The fourth-order valence-corrected chi connectivity index (χ4v) is 1.00. The Balaban J connectivity index is 0.00000196. The number of hydrogen-bond donors (Lipinski definition) is 0. The summed E-state index contributed by atoms with van der Waals surface area (Å²) in [6.07, 6.45) is 5.78. The van der Waals surface area contributed by atoms with Crippen molar-refractivity contribution in [1.82, 2.24) is 4.57 Å². The van der Waals surface area contributed by atoms with Gasteiger partial charge in [0.1, 0.15) is 25.5 Å². The van der Waals surface area contributed by atoms with Gasteiger partial charge in [-0.1, -0.05) is 6.58 Å². The van der Waals surface area contributed by atoms with Gasteiger partial charge in [-0.05, 0) is 6.92 Å². The Morgan fingerprint density at radius 3 is 2.73 bits per heavy atom. The van der Waals surface area contributed by atoms with Crippen molar-refractivity contribution in [3.63, 3.8) is 0 Å². The third-order valence-corrected chi connectivity index (χ3v) is 1.75. The Hall–Kier alpha value is -1.29. The average molecular weight is 231 g/mol. The number of rotatable bonds is 4. The Labute approximate surface area is 95.6 Å². The summed E-state index contributed by atoms with van der Waals surface area (Å²) >= 11 is 0. The summed E-state index contributed by atoms with van der Waals surface area (Å²) in [7, 11) is 1.94. The van der Waals surface area contributed by atoms with Gasteiger partial charge in [-0.3, -0.25) is 0 Å². The molecule has 1 aromatic rings. The fourth-order valence-electron chi connectivity index (χ4n) is 1.00. The van der Waals surface area contributed by atoms with Gasteiger partial charge >= 0.3 is 5.97 Å². The molecule has 4 nitrogen and oxygen atoms in total. The Bertz CT molecular complexity index is 347. The van der Waals surface area contributed by atoms with Crippen molar-refractivity contribution >= 4 is 5.97 Å². The molecule has 15 heavy (non-hydrogen) atoms. The van der Waals surface area contributed by atoms with Crippen molar-refractivity contribution < 1.29 is 26.5 Å². The van der Waals surface area contributed by atoms with E-state index in [0.717, 1.165) is 0 Å². The van der Waals surface area contributed by atoms with Crippen LogP contribution < -0.4 is 17.0 Å². The first-order valence-corrected chi connectivity index (χ1v) is 4.43. The first-order chi connectivity index (χ1) is 6.59. The molecule has 84 valence electrons. The van der Waals surface area contributed by atoms with Crippen LogP contribution in [0.4, 0.5) is 0 Å². The van der Waals surface area contributed by atoms with Gasteiger partial charge < -0.3 is 17.1 Å². The molecule has 0 saturated carbocycles. The predicted molar refractivity (Wildman–Crippen MR) is 51.4 cm³/mol. The molecule has 0 aliphatic carbocycles. The molecule has 0 aromatic carbocycles. The van der Waals surface area contributed by atoms with Crippen LogP contribution in [-0.4, -0.2) is 17.1 Å². The molecule has 0 N–H and O–H groups in total. The van der Waals surface area contributed by atoms with Gasteiger partial charge in [-0.15, -0.1) is 0 Å². The summed E-state index contributed by atoms with van der Waals surface area (Å²) in [5, 5.41) is 0. The number of carbonyl (C=O) groups is 1. The molecule has 1 heterocycles. The largest absolute Gasteiger partial charge is 1.00 e. The van der Waals surface area contributed by atoms with E-state index in [0.29, 0.717) is 18.7 Å². The molecule has 0 aliphatic heterocycles. The van der Waals surface area contributed by atoms with Crippen molar-refractivity contribution in [2.45, 2.75) is 13.5 Å². The molecule has 0 bridgehead atoms. The summed E-state index contributed by atoms with van der Waals surface area (Å²) in [5.74, 6) is -0.332. The van der Waals surface area contributed by atoms with Gasteiger partial charge in [0.15, 0.2) is 0 Å². The third-order valence-electron chi connectivity index (χ3n) is 1.75. The summed E-state index contributed by atoms with van der Waals surface area (Å²) in [4.78, 5) is 11.0. The van der Waals surface area contributed by atoms with E-state index in [1.807, 2.05) is 34.9 Å². The lowest BCUT2D eigenvalue weighted by Crippen LogP contribution is -3.00. The van der Waals surface area contributed by atoms with Gasteiger partial charge in [0.25, 0.3) is 0 Å². The van der Waals surface area contributed by atoms with Gasteiger partial charge in [-0.25, -0.2) is 13.9 Å². The second kappa shape index (κ2) is 6.24. The van der Waals surface area contributed by atoms with E-state index >= 15 is 0 Å². The highest BCUT2D eigenvalue weighted by Gasteiger charge is 2.04. The topological polar surface area (TPSA) is 35.1 Å². The summed E-state index contributed by atoms with van der Waals surface area (Å²) in [5.41, 5.74) is 0.433. The van der Waals surface area contributed by atoms with E-state index in [4.69, 9.17) is 4.74 Å². The van der Waals surface area contributed by atoms with Gasteiger partial charge in [-0.2, -0.15) is 0 Å². The normalized spacial score (nSPS) is 9.20. The van der Waals surface area contributed by atoms with Crippen molar-refractivity contribution in [3.8, 4) is 0 Å². The molecule has 0 spiro atoms. The molecule has 0 atom stereocenters. The molecule has 0 unspecified atom stereocenters. The highest BCUT2D eigenvalue weighted by atomic mass is 35.5. The zero-order valence-corrected chi connectivity index (χ0v) is 9.70. The van der Waals surface area contributed by atoms with E-state index in [1.54, 1.807) is 6.92 Å². The lowest BCUT2D eigenvalue weighted by Gasteiger charge is -2.01. The van der Waals surface area contributed by atoms with E-state index in [-0.39, 0.29) is 18.4 Å². The number of aryl methyl sites for hydroxylation is 1. The van der Waals surface area contributed by atoms with Crippen LogP contribution in [0.1, 0.15) is 6.92 Å². The highest BCUT2D eigenvalue weighted by molar-refractivity contribution is 5.86. The molecular formula is C10H15ClN2O2. The van der Waals surface area contributed by atoms with Crippen molar-refractivity contribution in [1.29, 1.82) is 0 Å². The molecule has 0 saturated heterocycles. The van der Waals surface area contributed by atoms with Gasteiger partial charge in [0.05, 0.1) is 7.05 Å². The van der Waals surface area contributed by atoms with Crippen LogP contribution in [0.15, 0.2) is 30.9 Å². The standard InChI is InChI=1S/C10H15N2O2.ClH/c1-9(2)10(13)14-7-6-12-5-4-11(3)8-12;/h4-5,8H,1,6-7H2,2-3H3;1H/q+1;/p-1. The van der Waals surface area contributed by atoms with E-state index in [9.17, 15) is 4.79 Å². The maximum atomic E-state index is 11.0. The monoisotopic (exact) mass is 230 g/mol. The first-order valence-electron chi connectivity index (χ1n) is 4.43. The average Bonchev–Trinajstić information content (AvgIpc) is 2.51. The maximum Gasteiger partial charge on any atom is 0.333 e. The molecular weight excluding hydrogens is 216 g/mol. The summed E-state index contributed by atoms with van der Waals surface area (Å²) in [6, 6.07) is 0. The number of esters is 1. The summed E-state index contributed by atoms with van der Waals surface area (Å²) in [6.45, 7) is 6.18. The lowest BCUT2D eigenvalue weighted by atomic mass is 10.4. The predicted octanol–water partition coefficient (Wildman–Crippen LogP) is -2.56. The number of halogens is 1. The van der Waals surface area contributed by atoms with Crippen molar-refractivity contribution in [2.24, 2.45) is 7.05 Å². The van der Waals surface area contributed by atoms with Crippen LogP contribution in [-0.2, 0) is 23.1 Å². The second-order valence-corrected chi connectivity index (χ2v) is 3.23. The molecule has 0 fully saturated rings. The van der Waals surface area contributed by atoms with Crippen molar-refractivity contribution in [3.05, 3.63) is 30.9 Å². The maximum absolute atomic E-state index is 11.0. The number of ether oxygens (including phenoxy) is 1. The molecule has 0 amide bonds. The van der Waals surface area contributed by atoms with Crippen LogP contribution in [0.3, 0.4) is 0 Å².